The van der Waals surface area contributed by atoms with Crippen molar-refractivity contribution in [2.45, 2.75) is 20.3 Å². The van der Waals surface area contributed by atoms with Crippen LogP contribution in [0.5, 0.6) is 0 Å². The van der Waals surface area contributed by atoms with Crippen LogP contribution in [0, 0.1) is 0 Å². The number of rotatable bonds is 6. The molecule has 0 aromatic carbocycles. The van der Waals surface area contributed by atoms with Crippen LogP contribution in [0.1, 0.15) is 20.3 Å². The highest BCUT2D eigenvalue weighted by Gasteiger charge is 2.03. The zero-order valence-corrected chi connectivity index (χ0v) is 10.5. The Labute approximate surface area is 106 Å². The number of hydrogen-bond acceptors (Lipinski definition) is 5. The molecule has 6 heteroatoms. The molecule has 1 rings (SSSR count). The Morgan fingerprint density at radius 2 is 2.28 bits per heavy atom. The molecule has 96 valence electrons. The first-order valence-electron chi connectivity index (χ1n) is 5.56. The number of ether oxygens (including phenoxy) is 1. The van der Waals surface area contributed by atoms with Gasteiger partial charge < -0.3 is 4.74 Å². The summed E-state index contributed by atoms with van der Waals surface area (Å²) in [6.07, 6.45) is 6.93. The average molecular weight is 248 g/mol. The average Bonchev–Trinajstić information content (AvgIpc) is 2.88. The fraction of sp³-hybridized carbons (Fsp3) is 0.333. The second-order valence-electron chi connectivity index (χ2n) is 3.49. The number of aromatic nitrogens is 4. The molecule has 0 amide bonds. The van der Waals surface area contributed by atoms with Crippen LogP contribution >= 0.6 is 0 Å². The van der Waals surface area contributed by atoms with Gasteiger partial charge in [-0.1, -0.05) is 18.7 Å². The number of nitrogens with zero attached hydrogens (tertiary/aromatic N) is 4. The van der Waals surface area contributed by atoms with Gasteiger partial charge in [-0.05, 0) is 35.9 Å². The molecule has 0 unspecified atom stereocenters. The lowest BCUT2D eigenvalue weighted by Crippen LogP contribution is -2.04. The van der Waals surface area contributed by atoms with Crippen molar-refractivity contribution < 1.29 is 9.53 Å². The minimum Gasteiger partial charge on any atom is -0.466 e. The number of carbonyl (C=O) groups excluding carboxylic acids is 1. The summed E-state index contributed by atoms with van der Waals surface area (Å²) in [5.41, 5.74) is 1.61. The first-order valence-corrected chi connectivity index (χ1v) is 5.56. The van der Waals surface area contributed by atoms with Crippen LogP contribution < -0.4 is 0 Å². The predicted molar refractivity (Wildman–Crippen MR) is 67.3 cm³/mol. The van der Waals surface area contributed by atoms with E-state index in [0.29, 0.717) is 6.61 Å². The molecule has 0 radical (unpaired) electrons. The summed E-state index contributed by atoms with van der Waals surface area (Å²) in [6, 6.07) is 0. The molecule has 0 aliphatic heterocycles. The minimum absolute atomic E-state index is 0.205. The molecule has 0 aliphatic carbocycles. The fourth-order valence-electron chi connectivity index (χ4n) is 1.20. The normalized spacial score (nSPS) is 12.3. The summed E-state index contributed by atoms with van der Waals surface area (Å²) in [5.74, 6) is -0.267. The van der Waals surface area contributed by atoms with E-state index in [1.54, 1.807) is 19.1 Å². The van der Waals surface area contributed by atoms with Crippen LogP contribution in [0.15, 0.2) is 36.7 Å². The molecule has 6 nitrogen and oxygen atoms in total. The van der Waals surface area contributed by atoms with Gasteiger partial charge in [0.2, 0.25) is 0 Å². The molecule has 0 spiro atoms. The molecule has 0 saturated carbocycles. The molecule has 0 fully saturated rings. The van der Waals surface area contributed by atoms with Crippen LogP contribution in [0.25, 0.3) is 5.70 Å². The highest BCUT2D eigenvalue weighted by Crippen LogP contribution is 2.07. The molecule has 0 N–H and O–H groups in total. The zero-order valence-electron chi connectivity index (χ0n) is 10.5. The molecule has 0 bridgehead atoms. The van der Waals surface area contributed by atoms with Crippen LogP contribution in [0.2, 0.25) is 0 Å². The van der Waals surface area contributed by atoms with Crippen molar-refractivity contribution in [3.8, 4) is 0 Å². The van der Waals surface area contributed by atoms with Gasteiger partial charge in [0.25, 0.3) is 0 Å². The van der Waals surface area contributed by atoms with Gasteiger partial charge in [-0.15, -0.1) is 5.10 Å². The van der Waals surface area contributed by atoms with Crippen molar-refractivity contribution >= 4 is 11.7 Å². The number of allylic oxidation sites excluding steroid dienone is 4. The van der Waals surface area contributed by atoms with Gasteiger partial charge in [0, 0.05) is 5.70 Å². The maximum absolute atomic E-state index is 11.3. The van der Waals surface area contributed by atoms with Crippen LogP contribution in [-0.2, 0) is 9.53 Å². The van der Waals surface area contributed by atoms with Gasteiger partial charge in [-0.3, -0.25) is 4.79 Å². The summed E-state index contributed by atoms with van der Waals surface area (Å²) >= 11 is 0. The van der Waals surface area contributed by atoms with Crippen molar-refractivity contribution in [2.24, 2.45) is 0 Å². The summed E-state index contributed by atoms with van der Waals surface area (Å²) in [6.45, 7) is 7.67. The Kier molecular flexibility index (Phi) is 5.50. The number of hydrogen-bond donors (Lipinski definition) is 0. The van der Waals surface area contributed by atoms with E-state index in [9.17, 15) is 4.79 Å². The Morgan fingerprint density at radius 3 is 2.83 bits per heavy atom. The van der Waals surface area contributed by atoms with E-state index < -0.39 is 0 Å². The molecule has 1 heterocycles. The van der Waals surface area contributed by atoms with E-state index in [-0.39, 0.29) is 12.4 Å². The van der Waals surface area contributed by atoms with Gasteiger partial charge in [0.1, 0.15) is 6.33 Å². The van der Waals surface area contributed by atoms with Gasteiger partial charge in [0.05, 0.1) is 13.0 Å². The van der Waals surface area contributed by atoms with E-state index >= 15 is 0 Å². The second kappa shape index (κ2) is 7.16. The topological polar surface area (TPSA) is 69.9 Å². The minimum atomic E-state index is -0.267. The molecule has 1 aromatic rings. The van der Waals surface area contributed by atoms with Crippen molar-refractivity contribution in [1.29, 1.82) is 0 Å². The zero-order chi connectivity index (χ0) is 13.4. The van der Waals surface area contributed by atoms with Crippen molar-refractivity contribution in [2.75, 3.05) is 6.61 Å². The second-order valence-corrected chi connectivity index (χ2v) is 3.49. The highest BCUT2D eigenvalue weighted by molar-refractivity contribution is 5.73. The SMILES string of the molecule is C=C/C(=C\C=C(/C)n1cnnn1)CC(=O)OCC. The van der Waals surface area contributed by atoms with E-state index in [2.05, 4.69) is 22.1 Å². The standard InChI is InChI=1S/C12H16N4O2/c1-4-11(8-12(17)18-5-2)7-6-10(3)16-9-13-14-15-16/h4,6-7,9H,1,5,8H2,2-3H3/b10-6+,11-7+. The van der Waals surface area contributed by atoms with Crippen LogP contribution in [0.3, 0.4) is 0 Å². The van der Waals surface area contributed by atoms with E-state index in [4.69, 9.17) is 4.74 Å². The fourth-order valence-corrected chi connectivity index (χ4v) is 1.20. The Morgan fingerprint density at radius 1 is 1.50 bits per heavy atom. The summed E-state index contributed by atoms with van der Waals surface area (Å²) < 4.78 is 6.40. The quantitative estimate of drug-likeness (QED) is 0.565. The number of tetrazole rings is 1. The van der Waals surface area contributed by atoms with E-state index in [0.717, 1.165) is 11.3 Å². The Balaban J connectivity index is 2.70. The molecule has 0 atom stereocenters. The summed E-state index contributed by atoms with van der Waals surface area (Å²) in [5, 5.41) is 10.8. The molecule has 0 saturated heterocycles. The van der Waals surface area contributed by atoms with Crippen LogP contribution in [0.4, 0.5) is 0 Å². The van der Waals surface area contributed by atoms with Gasteiger partial charge in [-0.25, -0.2) is 4.68 Å². The van der Waals surface area contributed by atoms with E-state index in [1.165, 1.54) is 11.0 Å². The number of carbonyl (C=O) groups is 1. The summed E-state index contributed by atoms with van der Waals surface area (Å²) in [7, 11) is 0. The van der Waals surface area contributed by atoms with Gasteiger partial charge >= 0.3 is 5.97 Å². The first kappa shape index (κ1) is 13.8. The van der Waals surface area contributed by atoms with Crippen molar-refractivity contribution in [3.63, 3.8) is 0 Å². The summed E-state index contributed by atoms with van der Waals surface area (Å²) in [4.78, 5) is 11.3. The van der Waals surface area contributed by atoms with Crippen LogP contribution in [-0.4, -0.2) is 32.8 Å². The lowest BCUT2D eigenvalue weighted by atomic mass is 10.1. The Hall–Kier alpha value is -2.24. The monoisotopic (exact) mass is 248 g/mol. The molecular weight excluding hydrogens is 232 g/mol. The number of esters is 1. The lowest BCUT2D eigenvalue weighted by Gasteiger charge is -2.02. The molecule has 18 heavy (non-hydrogen) atoms. The third-order valence-corrected chi connectivity index (χ3v) is 2.16. The van der Waals surface area contributed by atoms with E-state index in [1.807, 2.05) is 13.0 Å². The smallest absolute Gasteiger partial charge is 0.310 e. The third kappa shape index (κ3) is 4.32. The molecular formula is C12H16N4O2. The lowest BCUT2D eigenvalue weighted by molar-refractivity contribution is -0.142. The van der Waals surface area contributed by atoms with Crippen molar-refractivity contribution in [3.05, 3.63) is 36.7 Å². The van der Waals surface area contributed by atoms with Gasteiger partial charge in [0.15, 0.2) is 0 Å². The highest BCUT2D eigenvalue weighted by atomic mass is 16.5. The molecule has 0 aliphatic rings. The maximum Gasteiger partial charge on any atom is 0.310 e. The van der Waals surface area contributed by atoms with Crippen molar-refractivity contribution in [1.82, 2.24) is 20.2 Å². The maximum atomic E-state index is 11.3. The van der Waals surface area contributed by atoms with Gasteiger partial charge in [-0.2, -0.15) is 0 Å². The first-order chi connectivity index (χ1) is 8.67. The molecule has 1 aromatic heterocycles. The third-order valence-electron chi connectivity index (χ3n) is 2.16. The predicted octanol–water partition coefficient (Wildman–Crippen LogP) is 1.60. The largest absolute Gasteiger partial charge is 0.466 e. The Bertz CT molecular complexity index is 460.